The summed E-state index contributed by atoms with van der Waals surface area (Å²) >= 11 is 0. The molecule has 0 aliphatic carbocycles. The monoisotopic (exact) mass is 225 g/mol. The average Bonchev–Trinajstić information content (AvgIpc) is 2.22. The zero-order chi connectivity index (χ0) is 12.1. The Morgan fingerprint density at radius 1 is 1.25 bits per heavy atom. The molecular formula is C13H20FNO. The van der Waals surface area contributed by atoms with Crippen LogP contribution in [0.3, 0.4) is 0 Å². The van der Waals surface area contributed by atoms with E-state index in [1.807, 2.05) is 13.8 Å². The van der Waals surface area contributed by atoms with Crippen LogP contribution in [0.2, 0.25) is 0 Å². The Morgan fingerprint density at radius 2 is 1.81 bits per heavy atom. The third-order valence-corrected chi connectivity index (χ3v) is 2.96. The highest BCUT2D eigenvalue weighted by molar-refractivity contribution is 5.26. The van der Waals surface area contributed by atoms with E-state index in [1.165, 1.54) is 0 Å². The van der Waals surface area contributed by atoms with E-state index in [4.69, 9.17) is 10.8 Å². The van der Waals surface area contributed by atoms with Crippen LogP contribution in [0.15, 0.2) is 24.3 Å². The molecule has 0 amide bonds. The van der Waals surface area contributed by atoms with Crippen molar-refractivity contribution in [3.05, 3.63) is 29.8 Å². The summed E-state index contributed by atoms with van der Waals surface area (Å²) in [4.78, 5) is 0. The second-order valence-electron chi connectivity index (χ2n) is 4.53. The van der Waals surface area contributed by atoms with Crippen molar-refractivity contribution >= 4 is 0 Å². The van der Waals surface area contributed by atoms with Crippen LogP contribution in [-0.2, 0) is 6.42 Å². The predicted molar refractivity (Wildman–Crippen MR) is 64.1 cm³/mol. The summed E-state index contributed by atoms with van der Waals surface area (Å²) in [6, 6.07) is 6.65. The van der Waals surface area contributed by atoms with Crippen molar-refractivity contribution in [3.8, 4) is 5.75 Å². The van der Waals surface area contributed by atoms with Gasteiger partial charge in [0.1, 0.15) is 11.9 Å². The summed E-state index contributed by atoms with van der Waals surface area (Å²) < 4.78 is 14.0. The van der Waals surface area contributed by atoms with Crippen LogP contribution >= 0.6 is 0 Å². The molecule has 0 spiro atoms. The molecule has 0 saturated carbocycles. The SMILES string of the molecule is CC(C)C(CN)C(F)Cc1ccc(O)cc1. The largest absolute Gasteiger partial charge is 0.508 e. The highest BCUT2D eigenvalue weighted by atomic mass is 19.1. The van der Waals surface area contributed by atoms with E-state index in [-0.39, 0.29) is 17.6 Å². The summed E-state index contributed by atoms with van der Waals surface area (Å²) in [5.41, 5.74) is 6.47. The van der Waals surface area contributed by atoms with Crippen molar-refractivity contribution in [2.45, 2.75) is 26.4 Å². The summed E-state index contributed by atoms with van der Waals surface area (Å²) in [5, 5.41) is 9.12. The number of hydrogen-bond acceptors (Lipinski definition) is 2. The molecule has 1 rings (SSSR count). The molecule has 0 fully saturated rings. The first-order valence-electron chi connectivity index (χ1n) is 5.66. The standard InChI is InChI=1S/C13H20FNO/c1-9(2)12(8-15)13(14)7-10-3-5-11(16)6-4-10/h3-6,9,12-13,16H,7-8,15H2,1-2H3. The van der Waals surface area contributed by atoms with Crippen LogP contribution < -0.4 is 5.73 Å². The normalized spacial score (nSPS) is 15.1. The molecule has 16 heavy (non-hydrogen) atoms. The van der Waals surface area contributed by atoms with Gasteiger partial charge in [0.25, 0.3) is 0 Å². The van der Waals surface area contributed by atoms with Gasteiger partial charge in [-0.05, 0) is 30.2 Å². The van der Waals surface area contributed by atoms with E-state index in [0.29, 0.717) is 13.0 Å². The summed E-state index contributed by atoms with van der Waals surface area (Å²) in [7, 11) is 0. The minimum absolute atomic E-state index is 0.103. The molecule has 1 aromatic rings. The molecule has 0 bridgehead atoms. The maximum absolute atomic E-state index is 14.0. The molecule has 3 heteroatoms. The topological polar surface area (TPSA) is 46.2 Å². The number of phenolic OH excluding ortho intramolecular Hbond substituents is 1. The van der Waals surface area contributed by atoms with Gasteiger partial charge in [0.05, 0.1) is 0 Å². The smallest absolute Gasteiger partial charge is 0.115 e. The summed E-state index contributed by atoms with van der Waals surface area (Å²) in [6.45, 7) is 4.35. The Morgan fingerprint density at radius 3 is 2.25 bits per heavy atom. The van der Waals surface area contributed by atoms with Crippen LogP contribution in [0.25, 0.3) is 0 Å². The average molecular weight is 225 g/mol. The minimum Gasteiger partial charge on any atom is -0.508 e. The van der Waals surface area contributed by atoms with Gasteiger partial charge in [0.15, 0.2) is 0 Å². The zero-order valence-electron chi connectivity index (χ0n) is 9.86. The molecule has 2 atom stereocenters. The van der Waals surface area contributed by atoms with Crippen LogP contribution in [0.4, 0.5) is 4.39 Å². The molecule has 0 aliphatic heterocycles. The number of rotatable bonds is 5. The Bertz CT molecular complexity index is 310. The predicted octanol–water partition coefficient (Wildman–Crippen LogP) is 2.50. The molecular weight excluding hydrogens is 205 g/mol. The third-order valence-electron chi connectivity index (χ3n) is 2.96. The first kappa shape index (κ1) is 13.0. The van der Waals surface area contributed by atoms with Crippen molar-refractivity contribution in [1.29, 1.82) is 0 Å². The lowest BCUT2D eigenvalue weighted by Crippen LogP contribution is -2.30. The number of halogens is 1. The fourth-order valence-corrected chi connectivity index (χ4v) is 1.85. The number of nitrogens with two attached hydrogens (primary N) is 1. The van der Waals surface area contributed by atoms with Gasteiger partial charge in [-0.3, -0.25) is 0 Å². The highest BCUT2D eigenvalue weighted by Crippen LogP contribution is 2.21. The van der Waals surface area contributed by atoms with Gasteiger partial charge in [-0.2, -0.15) is 0 Å². The molecule has 2 unspecified atom stereocenters. The van der Waals surface area contributed by atoms with Crippen molar-refractivity contribution < 1.29 is 9.50 Å². The molecule has 0 radical (unpaired) electrons. The van der Waals surface area contributed by atoms with Crippen molar-refractivity contribution in [2.75, 3.05) is 6.54 Å². The van der Waals surface area contributed by atoms with Gasteiger partial charge in [-0.25, -0.2) is 4.39 Å². The quantitative estimate of drug-likeness (QED) is 0.808. The van der Waals surface area contributed by atoms with E-state index in [9.17, 15) is 4.39 Å². The lowest BCUT2D eigenvalue weighted by molar-refractivity contribution is 0.185. The Balaban J connectivity index is 2.62. The molecule has 0 saturated heterocycles. The summed E-state index contributed by atoms with van der Waals surface area (Å²) in [6.07, 6.45) is -0.560. The maximum Gasteiger partial charge on any atom is 0.115 e. The molecule has 2 nitrogen and oxygen atoms in total. The van der Waals surface area contributed by atoms with Gasteiger partial charge in [0, 0.05) is 12.3 Å². The molecule has 0 aliphatic rings. The van der Waals surface area contributed by atoms with E-state index in [0.717, 1.165) is 5.56 Å². The zero-order valence-corrected chi connectivity index (χ0v) is 9.86. The van der Waals surface area contributed by atoms with Gasteiger partial charge >= 0.3 is 0 Å². The van der Waals surface area contributed by atoms with Crippen LogP contribution in [-0.4, -0.2) is 17.8 Å². The Hall–Kier alpha value is -1.09. The number of benzene rings is 1. The molecule has 0 aromatic heterocycles. The van der Waals surface area contributed by atoms with E-state index in [2.05, 4.69) is 0 Å². The lowest BCUT2D eigenvalue weighted by Gasteiger charge is -2.23. The third kappa shape index (κ3) is 3.49. The maximum atomic E-state index is 14.0. The minimum atomic E-state index is -0.922. The van der Waals surface area contributed by atoms with Gasteiger partial charge in [0.2, 0.25) is 0 Å². The molecule has 3 N–H and O–H groups in total. The van der Waals surface area contributed by atoms with Crippen molar-refractivity contribution in [1.82, 2.24) is 0 Å². The molecule has 1 aromatic carbocycles. The fourth-order valence-electron chi connectivity index (χ4n) is 1.85. The van der Waals surface area contributed by atoms with E-state index >= 15 is 0 Å². The fraction of sp³-hybridized carbons (Fsp3) is 0.538. The van der Waals surface area contributed by atoms with Crippen LogP contribution in [0.5, 0.6) is 5.75 Å². The van der Waals surface area contributed by atoms with Gasteiger partial charge in [-0.1, -0.05) is 26.0 Å². The number of hydrogen-bond donors (Lipinski definition) is 2. The number of aromatic hydroxyl groups is 1. The van der Waals surface area contributed by atoms with Crippen molar-refractivity contribution in [2.24, 2.45) is 17.6 Å². The van der Waals surface area contributed by atoms with E-state index in [1.54, 1.807) is 24.3 Å². The second-order valence-corrected chi connectivity index (χ2v) is 4.53. The van der Waals surface area contributed by atoms with Crippen molar-refractivity contribution in [3.63, 3.8) is 0 Å². The second kappa shape index (κ2) is 5.85. The Kier molecular flexibility index (Phi) is 4.74. The first-order valence-corrected chi connectivity index (χ1v) is 5.66. The van der Waals surface area contributed by atoms with Gasteiger partial charge in [-0.15, -0.1) is 0 Å². The van der Waals surface area contributed by atoms with Gasteiger partial charge < -0.3 is 10.8 Å². The Labute approximate surface area is 96.3 Å². The molecule has 90 valence electrons. The van der Waals surface area contributed by atoms with E-state index < -0.39 is 6.17 Å². The molecule has 0 heterocycles. The van der Waals surface area contributed by atoms with Crippen LogP contribution in [0, 0.1) is 11.8 Å². The highest BCUT2D eigenvalue weighted by Gasteiger charge is 2.22. The first-order chi connectivity index (χ1) is 7.54. The number of phenols is 1. The summed E-state index contributed by atoms with van der Waals surface area (Å²) in [5.74, 6) is 0.351. The van der Waals surface area contributed by atoms with Crippen LogP contribution in [0.1, 0.15) is 19.4 Å². The number of alkyl halides is 1. The lowest BCUT2D eigenvalue weighted by atomic mass is 9.88.